The van der Waals surface area contributed by atoms with Crippen LogP contribution >= 0.6 is 23.4 Å². The molecule has 3 aromatic rings. The van der Waals surface area contributed by atoms with E-state index in [1.807, 2.05) is 18.2 Å². The molecule has 3 aromatic carbocycles. The lowest BCUT2D eigenvalue weighted by Crippen LogP contribution is -2.46. The molecule has 202 valence electrons. The van der Waals surface area contributed by atoms with E-state index in [4.69, 9.17) is 26.2 Å². The molecule has 11 heteroatoms. The normalized spacial score (nSPS) is 16.2. The van der Waals surface area contributed by atoms with E-state index in [9.17, 15) is 14.4 Å². The number of rotatable bonds is 9. The zero-order chi connectivity index (χ0) is 27.9. The van der Waals surface area contributed by atoms with Crippen molar-refractivity contribution in [3.63, 3.8) is 0 Å². The summed E-state index contributed by atoms with van der Waals surface area (Å²) in [4.78, 5) is 43.7. The summed E-state index contributed by atoms with van der Waals surface area (Å²) < 4.78 is 10.7. The zero-order valence-electron chi connectivity index (χ0n) is 21.2. The van der Waals surface area contributed by atoms with Crippen LogP contribution in [0.1, 0.15) is 22.3 Å². The van der Waals surface area contributed by atoms with Gasteiger partial charge >= 0.3 is 5.97 Å². The van der Waals surface area contributed by atoms with Crippen molar-refractivity contribution >= 4 is 57.7 Å². The fourth-order valence-electron chi connectivity index (χ4n) is 3.88. The maximum Gasteiger partial charge on any atom is 0.335 e. The summed E-state index contributed by atoms with van der Waals surface area (Å²) in [6, 6.07) is 18.3. The van der Waals surface area contributed by atoms with E-state index < -0.39 is 11.2 Å². The monoisotopic (exact) mass is 567 g/mol. The van der Waals surface area contributed by atoms with Gasteiger partial charge in [-0.15, -0.1) is 0 Å². The average Bonchev–Trinajstić information content (AvgIpc) is 2.93. The van der Waals surface area contributed by atoms with Gasteiger partial charge in [0.15, 0.2) is 16.7 Å². The van der Waals surface area contributed by atoms with Gasteiger partial charge in [-0.25, -0.2) is 9.79 Å². The predicted molar refractivity (Wildman–Crippen MR) is 152 cm³/mol. The van der Waals surface area contributed by atoms with E-state index in [0.29, 0.717) is 46.0 Å². The van der Waals surface area contributed by atoms with E-state index in [-0.39, 0.29) is 23.8 Å². The number of aromatic carboxylic acids is 1. The lowest BCUT2D eigenvalue weighted by molar-refractivity contribution is -0.129. The van der Waals surface area contributed by atoms with Gasteiger partial charge in [-0.1, -0.05) is 29.4 Å². The number of halogens is 1. The zero-order valence-corrected chi connectivity index (χ0v) is 22.8. The van der Waals surface area contributed by atoms with E-state index >= 15 is 0 Å². The first-order valence-electron chi connectivity index (χ1n) is 11.9. The molecule has 0 radical (unpaired) electrons. The molecular weight excluding hydrogens is 542 g/mol. The number of ether oxygens (including phenoxy) is 2. The number of amides is 2. The summed E-state index contributed by atoms with van der Waals surface area (Å²) in [5.41, 5.74) is 2.08. The average molecular weight is 568 g/mol. The van der Waals surface area contributed by atoms with Crippen molar-refractivity contribution in [1.29, 1.82) is 0 Å². The van der Waals surface area contributed by atoms with Gasteiger partial charge < -0.3 is 19.9 Å². The van der Waals surface area contributed by atoms with Crippen molar-refractivity contribution in [2.24, 2.45) is 4.99 Å². The van der Waals surface area contributed by atoms with Crippen LogP contribution in [0.15, 0.2) is 71.7 Å². The van der Waals surface area contributed by atoms with Crippen molar-refractivity contribution in [2.75, 3.05) is 26.1 Å². The number of methoxy groups -OCH3 is 2. The first-order valence-corrected chi connectivity index (χ1v) is 13.2. The van der Waals surface area contributed by atoms with Crippen molar-refractivity contribution in [3.8, 4) is 11.5 Å². The van der Waals surface area contributed by atoms with E-state index in [0.717, 1.165) is 5.56 Å². The molecule has 4 rings (SSSR count). The molecule has 1 fully saturated rings. The molecule has 0 bridgehead atoms. The Morgan fingerprint density at radius 2 is 1.74 bits per heavy atom. The number of anilines is 1. The molecule has 39 heavy (non-hydrogen) atoms. The molecule has 1 saturated heterocycles. The lowest BCUT2D eigenvalue weighted by Gasteiger charge is -2.32. The van der Waals surface area contributed by atoms with Gasteiger partial charge in [0.05, 0.1) is 25.5 Å². The number of hydrogen-bond acceptors (Lipinski definition) is 7. The van der Waals surface area contributed by atoms with Gasteiger partial charge in [0.25, 0.3) is 0 Å². The largest absolute Gasteiger partial charge is 0.493 e. The number of carboxylic acids is 1. The molecule has 9 nitrogen and oxygen atoms in total. The van der Waals surface area contributed by atoms with Crippen molar-refractivity contribution in [3.05, 3.63) is 82.9 Å². The maximum atomic E-state index is 13.3. The molecule has 1 heterocycles. The predicted octanol–water partition coefficient (Wildman–Crippen LogP) is 5.26. The van der Waals surface area contributed by atoms with Crippen LogP contribution in [0.4, 0.5) is 11.4 Å². The van der Waals surface area contributed by atoms with Crippen molar-refractivity contribution in [1.82, 2.24) is 4.90 Å². The van der Waals surface area contributed by atoms with Crippen LogP contribution in [0, 0.1) is 0 Å². The van der Waals surface area contributed by atoms with Gasteiger partial charge in [0.2, 0.25) is 11.8 Å². The third-order valence-corrected chi connectivity index (χ3v) is 7.39. The minimum atomic E-state index is -1.06. The quantitative estimate of drug-likeness (QED) is 0.362. The highest BCUT2D eigenvalue weighted by atomic mass is 35.5. The number of amidine groups is 1. The van der Waals surface area contributed by atoms with Gasteiger partial charge in [0.1, 0.15) is 5.25 Å². The molecule has 0 aromatic heterocycles. The molecule has 0 aliphatic carbocycles. The molecule has 0 spiro atoms. The van der Waals surface area contributed by atoms with Crippen LogP contribution < -0.4 is 14.8 Å². The highest BCUT2D eigenvalue weighted by Gasteiger charge is 2.36. The topological polar surface area (TPSA) is 118 Å². The van der Waals surface area contributed by atoms with Gasteiger partial charge in [-0.3, -0.25) is 14.5 Å². The molecular formula is C28H26ClN3O6S. The Kier molecular flexibility index (Phi) is 9.11. The summed E-state index contributed by atoms with van der Waals surface area (Å²) in [6.45, 7) is 0.346. The molecule has 1 atom stereocenters. The first kappa shape index (κ1) is 28.0. The number of carboxylic acid groups (broad SMARTS) is 1. The van der Waals surface area contributed by atoms with E-state index in [1.54, 1.807) is 43.4 Å². The second kappa shape index (κ2) is 12.7. The SMILES string of the molecule is COc1ccc(CCN2C(=O)C[C@H](C(=O)Nc3ccc(C(=O)O)cc3)SC2=Nc2ccc(Cl)cc2)cc1OC. The van der Waals surface area contributed by atoms with Gasteiger partial charge in [0, 0.05) is 23.7 Å². The molecule has 2 N–H and O–H groups in total. The highest BCUT2D eigenvalue weighted by molar-refractivity contribution is 8.15. The Morgan fingerprint density at radius 1 is 1.05 bits per heavy atom. The Morgan fingerprint density at radius 3 is 2.38 bits per heavy atom. The third kappa shape index (κ3) is 7.10. The summed E-state index contributed by atoms with van der Waals surface area (Å²) in [7, 11) is 3.13. The molecule has 1 aliphatic rings. The number of hydrogen-bond donors (Lipinski definition) is 2. The Hall–Kier alpha value is -4.02. The number of benzene rings is 3. The minimum absolute atomic E-state index is 0.0186. The first-order chi connectivity index (χ1) is 18.8. The van der Waals surface area contributed by atoms with Crippen LogP contribution in [0.5, 0.6) is 11.5 Å². The smallest absolute Gasteiger partial charge is 0.335 e. The third-order valence-electron chi connectivity index (χ3n) is 5.95. The van der Waals surface area contributed by atoms with Crippen molar-refractivity contribution in [2.45, 2.75) is 18.1 Å². The van der Waals surface area contributed by atoms with Crippen LogP contribution in [0.25, 0.3) is 0 Å². The molecule has 1 aliphatic heterocycles. The lowest BCUT2D eigenvalue weighted by atomic mass is 10.1. The van der Waals surface area contributed by atoms with E-state index in [1.165, 1.54) is 36.0 Å². The summed E-state index contributed by atoms with van der Waals surface area (Å²) in [5, 5.41) is 12.1. The number of carbonyl (C=O) groups excluding carboxylic acids is 2. The minimum Gasteiger partial charge on any atom is -0.493 e. The van der Waals surface area contributed by atoms with Crippen LogP contribution in [0.3, 0.4) is 0 Å². The standard InChI is InChI=1S/C28H26ClN3O6S/c1-37-22-12-3-17(15-23(22)38-2)13-14-32-25(33)16-24(39-28(32)31-21-10-6-19(29)7-11-21)26(34)30-20-8-4-18(5-9-20)27(35)36/h3-12,15,24H,13-14,16H2,1-2H3,(H,30,34)(H,35,36)/t24-/m1/s1. The number of nitrogens with one attached hydrogen (secondary N) is 1. The second-order valence-corrected chi connectivity index (χ2v) is 10.1. The van der Waals surface area contributed by atoms with Crippen LogP contribution in [-0.4, -0.2) is 59.0 Å². The Labute approximate surface area is 234 Å². The number of thioether (sulfide) groups is 1. The fourth-order valence-corrected chi connectivity index (χ4v) is 5.13. The fraction of sp³-hybridized carbons (Fsp3) is 0.214. The van der Waals surface area contributed by atoms with E-state index in [2.05, 4.69) is 10.3 Å². The Balaban J connectivity index is 1.54. The second-order valence-electron chi connectivity index (χ2n) is 8.54. The maximum absolute atomic E-state index is 13.3. The number of aliphatic imine (C=N–C) groups is 1. The highest BCUT2D eigenvalue weighted by Crippen LogP contribution is 2.32. The van der Waals surface area contributed by atoms with Crippen LogP contribution in [0.2, 0.25) is 5.02 Å². The molecule has 0 saturated carbocycles. The summed E-state index contributed by atoms with van der Waals surface area (Å²) in [6.07, 6.45) is 0.508. The molecule has 0 unspecified atom stereocenters. The van der Waals surface area contributed by atoms with Gasteiger partial charge in [-0.2, -0.15) is 0 Å². The van der Waals surface area contributed by atoms with Gasteiger partial charge in [-0.05, 0) is 72.6 Å². The Bertz CT molecular complexity index is 1400. The summed E-state index contributed by atoms with van der Waals surface area (Å²) >= 11 is 7.21. The van der Waals surface area contributed by atoms with Crippen molar-refractivity contribution < 1.29 is 29.0 Å². The molecule has 2 amide bonds. The summed E-state index contributed by atoms with van der Waals surface area (Å²) in [5.74, 6) is -0.458. The van der Waals surface area contributed by atoms with Crippen LogP contribution in [-0.2, 0) is 16.0 Å². The number of nitrogens with zero attached hydrogens (tertiary/aromatic N) is 2. The number of carbonyl (C=O) groups is 3.